The highest BCUT2D eigenvalue weighted by Gasteiger charge is 2.11. The van der Waals surface area contributed by atoms with Crippen molar-refractivity contribution in [2.45, 2.75) is 6.54 Å². The monoisotopic (exact) mass is 359 g/mol. The van der Waals surface area contributed by atoms with Gasteiger partial charge in [-0.3, -0.25) is 0 Å². The van der Waals surface area contributed by atoms with Gasteiger partial charge in [-0.15, -0.1) is 5.10 Å². The van der Waals surface area contributed by atoms with Gasteiger partial charge in [-0.1, -0.05) is 65.9 Å². The van der Waals surface area contributed by atoms with E-state index in [-0.39, 0.29) is 0 Å². The number of rotatable bonds is 3. The number of hydrogen-bond donors (Lipinski definition) is 0. The minimum atomic E-state index is 0.749. The quantitative estimate of drug-likeness (QED) is 0.669. The van der Waals surface area contributed by atoms with Crippen molar-refractivity contribution in [3.05, 3.63) is 69.9 Å². The van der Waals surface area contributed by atoms with Gasteiger partial charge < -0.3 is 0 Å². The molecule has 0 aliphatic rings. The maximum atomic E-state index is 4.29. The summed E-state index contributed by atoms with van der Waals surface area (Å²) in [5, 5.41) is 8.53. The molecule has 0 unspecified atom stereocenters. The van der Waals surface area contributed by atoms with Crippen LogP contribution in [0.5, 0.6) is 0 Å². The second kappa shape index (κ2) is 5.52. The summed E-state index contributed by atoms with van der Waals surface area (Å²) in [6.45, 7) is 0.749. The standard InChI is InChI=1S/C15H12IN3/c16-15-14(13-9-5-2-6-10-13)17-18-19(15)11-12-7-3-1-4-8-12/h1-10H,11H2/i16-2. The molecule has 0 amide bonds. The summed E-state index contributed by atoms with van der Waals surface area (Å²) in [4.78, 5) is 0. The summed E-state index contributed by atoms with van der Waals surface area (Å²) < 4.78 is 2.99. The van der Waals surface area contributed by atoms with E-state index >= 15 is 0 Å². The topological polar surface area (TPSA) is 30.7 Å². The number of hydrogen-bond acceptors (Lipinski definition) is 2. The van der Waals surface area contributed by atoms with Gasteiger partial charge >= 0.3 is 0 Å². The Balaban J connectivity index is 1.92. The van der Waals surface area contributed by atoms with Crippen LogP contribution in [0.25, 0.3) is 11.3 Å². The predicted molar refractivity (Wildman–Crippen MR) is 83.7 cm³/mol. The van der Waals surface area contributed by atoms with Crippen LogP contribution in [0.3, 0.4) is 0 Å². The van der Waals surface area contributed by atoms with Crippen LogP contribution in [0.4, 0.5) is 0 Å². The zero-order valence-electron chi connectivity index (χ0n) is 10.2. The van der Waals surface area contributed by atoms with Crippen molar-refractivity contribution < 1.29 is 0 Å². The van der Waals surface area contributed by atoms with Gasteiger partial charge in [-0.25, -0.2) is 4.68 Å². The Hall–Kier alpha value is -1.69. The molecule has 3 rings (SSSR count). The summed E-state index contributed by atoms with van der Waals surface area (Å²) in [5.74, 6) is 0. The Bertz CT molecular complexity index is 662. The SMILES string of the molecule is [125I]c1c(-c2ccccc2)nnn1Cc1ccccc1. The average molecular weight is 359 g/mol. The third-order valence-electron chi connectivity index (χ3n) is 2.90. The molecule has 3 nitrogen and oxygen atoms in total. The molecule has 0 aliphatic heterocycles. The molecule has 1 heterocycles. The number of nitrogens with zero attached hydrogens (tertiary/aromatic N) is 3. The number of aromatic nitrogens is 3. The lowest BCUT2D eigenvalue weighted by molar-refractivity contribution is 0.636. The molecule has 2 aromatic carbocycles. The predicted octanol–water partition coefficient (Wildman–Crippen LogP) is 3.60. The van der Waals surface area contributed by atoms with E-state index in [1.807, 2.05) is 41.1 Å². The minimum absolute atomic E-state index is 0.749. The first kappa shape index (κ1) is 12.3. The molecule has 3 aromatic rings. The van der Waals surface area contributed by atoms with Crippen molar-refractivity contribution in [1.82, 2.24) is 15.0 Å². The van der Waals surface area contributed by atoms with Crippen molar-refractivity contribution >= 4 is 22.6 Å². The molecule has 0 fully saturated rings. The molecule has 0 bridgehead atoms. The van der Waals surface area contributed by atoms with Crippen LogP contribution in [-0.4, -0.2) is 15.0 Å². The smallest absolute Gasteiger partial charge is 0.127 e. The summed E-state index contributed by atoms with van der Waals surface area (Å²) in [5.41, 5.74) is 3.27. The zero-order chi connectivity index (χ0) is 13.1. The van der Waals surface area contributed by atoms with Gasteiger partial charge in [0.25, 0.3) is 0 Å². The Kier molecular flexibility index (Phi) is 3.59. The summed E-state index contributed by atoms with van der Waals surface area (Å²) in [6, 6.07) is 20.4. The van der Waals surface area contributed by atoms with Crippen LogP contribution >= 0.6 is 22.6 Å². The normalized spacial score (nSPS) is 10.6. The van der Waals surface area contributed by atoms with Crippen molar-refractivity contribution in [2.75, 3.05) is 0 Å². The van der Waals surface area contributed by atoms with E-state index in [2.05, 4.69) is 57.2 Å². The van der Waals surface area contributed by atoms with E-state index in [1.165, 1.54) is 5.56 Å². The highest BCUT2D eigenvalue weighted by Crippen LogP contribution is 2.22. The Morgan fingerprint density at radius 1 is 0.895 bits per heavy atom. The van der Waals surface area contributed by atoms with Gasteiger partial charge in [0.2, 0.25) is 0 Å². The maximum absolute atomic E-state index is 4.29. The second-order valence-corrected chi connectivity index (χ2v) is 5.26. The molecule has 0 spiro atoms. The lowest BCUT2D eigenvalue weighted by Gasteiger charge is -2.02. The lowest BCUT2D eigenvalue weighted by atomic mass is 10.2. The number of benzene rings is 2. The molecule has 0 atom stereocenters. The lowest BCUT2D eigenvalue weighted by Crippen LogP contribution is -2.03. The van der Waals surface area contributed by atoms with Crippen LogP contribution in [0, 0.1) is 3.70 Å². The fourth-order valence-electron chi connectivity index (χ4n) is 1.93. The molecule has 0 aliphatic carbocycles. The van der Waals surface area contributed by atoms with Gasteiger partial charge in [0.15, 0.2) is 0 Å². The van der Waals surface area contributed by atoms with E-state index in [1.54, 1.807) is 0 Å². The van der Waals surface area contributed by atoms with Crippen LogP contribution < -0.4 is 0 Å². The second-order valence-electron chi connectivity index (χ2n) is 4.24. The van der Waals surface area contributed by atoms with Gasteiger partial charge in [0, 0.05) is 5.56 Å². The zero-order valence-corrected chi connectivity index (χ0v) is 12.4. The average Bonchev–Trinajstić information content (AvgIpc) is 2.82. The Labute approximate surface area is 125 Å². The van der Waals surface area contributed by atoms with Crippen molar-refractivity contribution in [3.63, 3.8) is 0 Å². The molecule has 19 heavy (non-hydrogen) atoms. The van der Waals surface area contributed by atoms with Crippen LogP contribution in [0.1, 0.15) is 5.56 Å². The fourth-order valence-corrected chi connectivity index (χ4v) is 2.62. The van der Waals surface area contributed by atoms with Crippen molar-refractivity contribution in [1.29, 1.82) is 0 Å². The van der Waals surface area contributed by atoms with Crippen molar-refractivity contribution in [3.8, 4) is 11.3 Å². The van der Waals surface area contributed by atoms with E-state index in [0.29, 0.717) is 0 Å². The summed E-state index contributed by atoms with van der Waals surface area (Å²) in [6.07, 6.45) is 0. The van der Waals surface area contributed by atoms with Gasteiger partial charge in [0.05, 0.1) is 6.54 Å². The first-order chi connectivity index (χ1) is 9.34. The molecule has 1 aromatic heterocycles. The molecule has 0 saturated carbocycles. The minimum Gasteiger partial charge on any atom is -0.234 e. The van der Waals surface area contributed by atoms with Gasteiger partial charge in [-0.05, 0) is 28.2 Å². The third kappa shape index (κ3) is 2.68. The first-order valence-electron chi connectivity index (χ1n) is 6.03. The molecule has 94 valence electrons. The molecule has 0 saturated heterocycles. The van der Waals surface area contributed by atoms with Crippen LogP contribution in [0.2, 0.25) is 0 Å². The third-order valence-corrected chi connectivity index (χ3v) is 3.96. The van der Waals surface area contributed by atoms with Gasteiger partial charge in [-0.2, -0.15) is 0 Å². The molecule has 0 N–H and O–H groups in total. The van der Waals surface area contributed by atoms with Gasteiger partial charge in [0.1, 0.15) is 9.39 Å². The molecule has 4 heteroatoms. The van der Waals surface area contributed by atoms with E-state index in [4.69, 9.17) is 0 Å². The Morgan fingerprint density at radius 3 is 2.21 bits per heavy atom. The van der Waals surface area contributed by atoms with E-state index < -0.39 is 0 Å². The molecular weight excluding hydrogens is 347 g/mol. The summed E-state index contributed by atoms with van der Waals surface area (Å²) in [7, 11) is 0. The fraction of sp³-hybridized carbons (Fsp3) is 0.0667. The van der Waals surface area contributed by atoms with Crippen LogP contribution in [-0.2, 0) is 6.54 Å². The summed E-state index contributed by atoms with van der Waals surface area (Å²) >= 11 is 2.30. The largest absolute Gasteiger partial charge is 0.234 e. The first-order valence-corrected chi connectivity index (χ1v) is 7.11. The highest BCUT2D eigenvalue weighted by molar-refractivity contribution is 14.1. The van der Waals surface area contributed by atoms with Crippen LogP contribution in [0.15, 0.2) is 60.7 Å². The molecule has 0 radical (unpaired) electrons. The maximum Gasteiger partial charge on any atom is 0.127 e. The number of halogens is 1. The van der Waals surface area contributed by atoms with E-state index in [9.17, 15) is 0 Å². The van der Waals surface area contributed by atoms with E-state index in [0.717, 1.165) is 21.5 Å². The Morgan fingerprint density at radius 2 is 1.53 bits per heavy atom. The highest BCUT2D eigenvalue weighted by atomic mass is 125. The molecular formula is C15H12IN3. The van der Waals surface area contributed by atoms with Crippen molar-refractivity contribution in [2.24, 2.45) is 0 Å².